The van der Waals surface area contributed by atoms with Crippen LogP contribution in [0.4, 0.5) is 4.79 Å². The van der Waals surface area contributed by atoms with Gasteiger partial charge in [-0.1, -0.05) is 59.8 Å². The number of oxime groups is 1. The summed E-state index contributed by atoms with van der Waals surface area (Å²) in [4.78, 5) is 46.0. The number of aliphatic imine (C=N–C) groups is 1. The van der Waals surface area contributed by atoms with Crippen molar-refractivity contribution in [1.29, 1.82) is 0 Å². The molecule has 1 aliphatic rings. The van der Waals surface area contributed by atoms with Crippen molar-refractivity contribution in [3.63, 3.8) is 0 Å². The molecule has 1 heterocycles. The maximum absolute atomic E-state index is 12.8. The number of amidine groups is 1. The maximum Gasteiger partial charge on any atom is 0.436 e. The summed E-state index contributed by atoms with van der Waals surface area (Å²) in [6.07, 6.45) is -1.13. The summed E-state index contributed by atoms with van der Waals surface area (Å²) in [6, 6.07) is 14.4. The smallest absolute Gasteiger partial charge is 0.436 e. The molecular formula is C29H38N6O8S. The van der Waals surface area contributed by atoms with E-state index in [4.69, 9.17) is 20.0 Å². The van der Waals surface area contributed by atoms with Crippen molar-refractivity contribution in [3.8, 4) is 0 Å². The van der Waals surface area contributed by atoms with Crippen LogP contribution < -0.4 is 15.8 Å². The average molecular weight is 631 g/mol. The number of carbonyl (C=O) groups excluding carboxylic acids is 3. The number of hydrogen-bond acceptors (Lipinski definition) is 9. The Balaban J connectivity index is 1.51. The molecule has 0 aliphatic carbocycles. The zero-order valence-corrected chi connectivity index (χ0v) is 26.1. The van der Waals surface area contributed by atoms with Crippen LogP contribution in [-0.4, -0.2) is 80.7 Å². The first-order valence-corrected chi connectivity index (χ1v) is 15.1. The minimum absolute atomic E-state index is 0.000321. The lowest BCUT2D eigenvalue weighted by Crippen LogP contribution is -2.52. The first kappa shape index (κ1) is 34.2. The Morgan fingerprint density at radius 1 is 1.14 bits per heavy atom. The van der Waals surface area contributed by atoms with Crippen molar-refractivity contribution < 1.29 is 37.1 Å². The van der Waals surface area contributed by atoms with Gasteiger partial charge in [0, 0.05) is 32.1 Å². The molecule has 4 N–H and O–H groups in total. The predicted octanol–water partition coefficient (Wildman–Crippen LogP) is 1.83. The standard InChI is InChI=1S/C29H38N6O8S/c1-29(2,3)42-28(38)32-26(30)21-13-11-20(12-14-21)23-15-22(43-33-23)16-25(36)31-17-24(27(37)41-5)34-44(39,40)35(4)18-19-9-7-6-8-10-19/h6-14,22,24,34H,15-18H2,1-5H3,(H,31,36)(H2,30,32,38)/t22?,24-/m0/s1. The number of ether oxygens (including phenoxy) is 2. The molecule has 1 aliphatic heterocycles. The number of amides is 2. The molecule has 1 unspecified atom stereocenters. The monoisotopic (exact) mass is 630 g/mol. The van der Waals surface area contributed by atoms with Crippen LogP contribution in [0.25, 0.3) is 0 Å². The summed E-state index contributed by atoms with van der Waals surface area (Å²) >= 11 is 0. The lowest BCUT2D eigenvalue weighted by Gasteiger charge is -2.22. The van der Waals surface area contributed by atoms with Crippen LogP contribution in [0, 0.1) is 0 Å². The summed E-state index contributed by atoms with van der Waals surface area (Å²) in [7, 11) is -1.60. The minimum Gasteiger partial charge on any atom is -0.468 e. The highest BCUT2D eigenvalue weighted by Gasteiger charge is 2.30. The average Bonchev–Trinajstić information content (AvgIpc) is 3.42. The van der Waals surface area contributed by atoms with Gasteiger partial charge in [0.05, 0.1) is 19.2 Å². The highest BCUT2D eigenvalue weighted by Crippen LogP contribution is 2.20. The number of rotatable bonds is 12. The summed E-state index contributed by atoms with van der Waals surface area (Å²) in [5, 5.41) is 6.63. The highest BCUT2D eigenvalue weighted by atomic mass is 32.2. The second-order valence-corrected chi connectivity index (χ2v) is 12.8. The normalized spacial score (nSPS) is 16.1. The van der Waals surface area contributed by atoms with E-state index < -0.39 is 45.9 Å². The van der Waals surface area contributed by atoms with Gasteiger partial charge in [0.15, 0.2) is 0 Å². The molecule has 15 heteroatoms. The van der Waals surface area contributed by atoms with Gasteiger partial charge < -0.3 is 25.4 Å². The molecule has 238 valence electrons. The van der Waals surface area contributed by atoms with Crippen LogP contribution in [0.15, 0.2) is 64.7 Å². The fourth-order valence-corrected chi connectivity index (χ4v) is 5.03. The van der Waals surface area contributed by atoms with Crippen LogP contribution in [-0.2, 0) is 40.7 Å². The molecule has 2 amide bonds. The number of hydrogen-bond donors (Lipinski definition) is 3. The van der Waals surface area contributed by atoms with E-state index in [0.717, 1.165) is 22.5 Å². The van der Waals surface area contributed by atoms with Gasteiger partial charge in [-0.3, -0.25) is 9.59 Å². The van der Waals surface area contributed by atoms with E-state index in [9.17, 15) is 22.8 Å². The van der Waals surface area contributed by atoms with Gasteiger partial charge in [0.25, 0.3) is 10.2 Å². The molecule has 3 rings (SSSR count). The molecule has 0 saturated carbocycles. The minimum atomic E-state index is -4.09. The summed E-state index contributed by atoms with van der Waals surface area (Å²) in [5.74, 6) is -1.33. The molecule has 44 heavy (non-hydrogen) atoms. The van der Waals surface area contributed by atoms with Crippen molar-refractivity contribution in [2.75, 3.05) is 20.7 Å². The maximum atomic E-state index is 12.8. The summed E-state index contributed by atoms with van der Waals surface area (Å²) in [5.41, 5.74) is 7.83. The lowest BCUT2D eigenvalue weighted by molar-refractivity contribution is -0.142. The Morgan fingerprint density at radius 3 is 2.41 bits per heavy atom. The second kappa shape index (κ2) is 14.9. The zero-order valence-electron chi connectivity index (χ0n) is 25.3. The first-order valence-electron chi connectivity index (χ1n) is 13.7. The third-order valence-electron chi connectivity index (χ3n) is 6.20. The second-order valence-electron chi connectivity index (χ2n) is 11.0. The zero-order chi connectivity index (χ0) is 32.5. The van der Waals surface area contributed by atoms with Gasteiger partial charge in [-0.05, 0) is 31.9 Å². The van der Waals surface area contributed by atoms with Crippen LogP contribution >= 0.6 is 0 Å². The van der Waals surface area contributed by atoms with Crippen molar-refractivity contribution in [2.45, 2.75) is 57.9 Å². The summed E-state index contributed by atoms with van der Waals surface area (Å²) < 4.78 is 38.9. The van der Waals surface area contributed by atoms with E-state index in [0.29, 0.717) is 17.7 Å². The van der Waals surface area contributed by atoms with Gasteiger partial charge in [0.1, 0.15) is 23.6 Å². The van der Waals surface area contributed by atoms with E-state index in [1.54, 1.807) is 69.3 Å². The fourth-order valence-electron chi connectivity index (χ4n) is 3.99. The fraction of sp³-hybridized carbons (Fsp3) is 0.414. The summed E-state index contributed by atoms with van der Waals surface area (Å²) in [6.45, 7) is 4.92. The third kappa shape index (κ3) is 10.4. The molecule has 2 atom stereocenters. The first-order chi connectivity index (χ1) is 20.7. The SMILES string of the molecule is COC(=O)[C@H](CNC(=O)CC1CC(c2ccc(/C(N)=N/C(=O)OC(C)(C)C)cc2)=NO1)NS(=O)(=O)N(C)Cc1ccccc1. The number of methoxy groups -OCH3 is 1. The topological polar surface area (TPSA) is 191 Å². The van der Waals surface area contributed by atoms with Crippen LogP contribution in [0.5, 0.6) is 0 Å². The van der Waals surface area contributed by atoms with Gasteiger partial charge in [-0.25, -0.2) is 4.79 Å². The Bertz CT molecular complexity index is 1490. The van der Waals surface area contributed by atoms with Crippen molar-refractivity contribution in [2.24, 2.45) is 15.9 Å². The molecule has 2 aromatic rings. The number of esters is 1. The van der Waals surface area contributed by atoms with Crippen molar-refractivity contribution in [1.82, 2.24) is 14.3 Å². The van der Waals surface area contributed by atoms with E-state index in [-0.39, 0.29) is 25.3 Å². The molecule has 0 aromatic heterocycles. The molecule has 0 bridgehead atoms. The number of nitrogens with zero attached hydrogens (tertiary/aromatic N) is 3. The number of benzene rings is 2. The van der Waals surface area contributed by atoms with Gasteiger partial charge >= 0.3 is 12.1 Å². The van der Waals surface area contributed by atoms with E-state index in [1.165, 1.54) is 7.05 Å². The third-order valence-corrected chi connectivity index (χ3v) is 7.74. The molecule has 0 radical (unpaired) electrons. The Kier molecular flexibility index (Phi) is 11.6. The van der Waals surface area contributed by atoms with Crippen LogP contribution in [0.3, 0.4) is 0 Å². The highest BCUT2D eigenvalue weighted by molar-refractivity contribution is 7.87. The van der Waals surface area contributed by atoms with Crippen molar-refractivity contribution >= 4 is 39.7 Å². The molecule has 0 fully saturated rings. The molecule has 14 nitrogen and oxygen atoms in total. The van der Waals surface area contributed by atoms with Crippen LogP contribution in [0.1, 0.15) is 50.3 Å². The van der Waals surface area contributed by atoms with E-state index >= 15 is 0 Å². The molecule has 2 aromatic carbocycles. The van der Waals surface area contributed by atoms with Gasteiger partial charge in [-0.15, -0.1) is 0 Å². The number of nitrogens with one attached hydrogen (secondary N) is 2. The molecular weight excluding hydrogens is 592 g/mol. The van der Waals surface area contributed by atoms with Gasteiger partial charge in [-0.2, -0.15) is 22.4 Å². The van der Waals surface area contributed by atoms with Gasteiger partial charge in [0.2, 0.25) is 5.91 Å². The van der Waals surface area contributed by atoms with E-state index in [2.05, 4.69) is 20.2 Å². The molecule has 0 spiro atoms. The molecule has 0 saturated heterocycles. The van der Waals surface area contributed by atoms with Crippen LogP contribution in [0.2, 0.25) is 0 Å². The quantitative estimate of drug-likeness (QED) is 0.178. The van der Waals surface area contributed by atoms with Crippen molar-refractivity contribution in [3.05, 3.63) is 71.3 Å². The largest absolute Gasteiger partial charge is 0.468 e. The lowest BCUT2D eigenvalue weighted by atomic mass is 10.0. The Hall–Kier alpha value is -4.34. The number of nitrogens with two attached hydrogens (primary N) is 1. The van der Waals surface area contributed by atoms with E-state index in [1.807, 2.05) is 6.07 Å². The Morgan fingerprint density at radius 2 is 1.80 bits per heavy atom. The predicted molar refractivity (Wildman–Crippen MR) is 163 cm³/mol. The Labute approximate surface area is 256 Å². The number of carbonyl (C=O) groups is 3.